The van der Waals surface area contributed by atoms with Gasteiger partial charge in [0.05, 0.1) is 10.6 Å². The minimum atomic E-state index is -3.57. The normalized spacial score (nSPS) is 21.6. The van der Waals surface area contributed by atoms with E-state index in [9.17, 15) is 12.8 Å². The Morgan fingerprint density at radius 1 is 1.35 bits per heavy atom. The van der Waals surface area contributed by atoms with Crippen molar-refractivity contribution in [2.75, 3.05) is 18.8 Å². The summed E-state index contributed by atoms with van der Waals surface area (Å²) in [6.07, 6.45) is 3.90. The van der Waals surface area contributed by atoms with E-state index < -0.39 is 15.8 Å². The van der Waals surface area contributed by atoms with Crippen molar-refractivity contribution in [2.45, 2.75) is 37.5 Å². The Bertz CT molecular complexity index is 575. The molecule has 2 rings (SSSR count). The van der Waals surface area contributed by atoms with Crippen LogP contribution in [0.5, 0.6) is 0 Å². The standard InChI is InChI=1S/C14H21FN2O2S/c1-2-11-4-3-8-17(9-7-11)20(18,19)12-5-6-13(15)14(16)10-12/h5-6,10-11H,2-4,7-9,16H2,1H3. The molecule has 1 fully saturated rings. The number of sulfonamides is 1. The summed E-state index contributed by atoms with van der Waals surface area (Å²) in [7, 11) is -3.57. The summed E-state index contributed by atoms with van der Waals surface area (Å²) in [6.45, 7) is 3.18. The number of nitrogens with zero attached hydrogens (tertiary/aromatic N) is 1. The number of rotatable bonds is 3. The Hall–Kier alpha value is -1.14. The predicted octanol–water partition coefficient (Wildman–Crippen LogP) is 2.61. The number of hydrogen-bond acceptors (Lipinski definition) is 3. The van der Waals surface area contributed by atoms with Crippen molar-refractivity contribution in [3.63, 3.8) is 0 Å². The van der Waals surface area contributed by atoms with E-state index in [1.807, 2.05) is 0 Å². The number of nitrogens with two attached hydrogens (primary N) is 1. The maximum absolute atomic E-state index is 13.2. The molecule has 0 spiro atoms. The molecule has 0 aliphatic carbocycles. The molecule has 0 amide bonds. The van der Waals surface area contributed by atoms with Crippen molar-refractivity contribution in [1.82, 2.24) is 4.31 Å². The van der Waals surface area contributed by atoms with Crippen molar-refractivity contribution in [3.05, 3.63) is 24.0 Å². The van der Waals surface area contributed by atoms with Gasteiger partial charge in [-0.2, -0.15) is 4.31 Å². The van der Waals surface area contributed by atoms with Crippen molar-refractivity contribution in [2.24, 2.45) is 5.92 Å². The molecule has 0 radical (unpaired) electrons. The molecule has 1 heterocycles. The van der Waals surface area contributed by atoms with E-state index in [0.29, 0.717) is 19.0 Å². The molecule has 1 atom stereocenters. The van der Waals surface area contributed by atoms with Gasteiger partial charge in [0.1, 0.15) is 5.82 Å². The van der Waals surface area contributed by atoms with Crippen molar-refractivity contribution in [3.8, 4) is 0 Å². The van der Waals surface area contributed by atoms with Crippen LogP contribution in [0.2, 0.25) is 0 Å². The second kappa shape index (κ2) is 6.10. The first kappa shape index (κ1) is 15.3. The first-order valence-corrected chi connectivity index (χ1v) is 8.44. The first-order valence-electron chi connectivity index (χ1n) is 7.00. The van der Waals surface area contributed by atoms with Crippen molar-refractivity contribution in [1.29, 1.82) is 0 Å². The van der Waals surface area contributed by atoms with Crippen LogP contribution < -0.4 is 5.73 Å². The largest absolute Gasteiger partial charge is 0.396 e. The van der Waals surface area contributed by atoms with E-state index in [1.165, 1.54) is 16.4 Å². The summed E-state index contributed by atoms with van der Waals surface area (Å²) in [6, 6.07) is 3.59. The minimum Gasteiger partial charge on any atom is -0.396 e. The number of halogens is 1. The summed E-state index contributed by atoms with van der Waals surface area (Å²) in [5.74, 6) is -0.000601. The predicted molar refractivity (Wildman–Crippen MR) is 77.2 cm³/mol. The van der Waals surface area contributed by atoms with Gasteiger partial charge in [0.25, 0.3) is 0 Å². The Labute approximate surface area is 119 Å². The van der Waals surface area contributed by atoms with Crippen LogP contribution in [0, 0.1) is 11.7 Å². The van der Waals surface area contributed by atoms with Gasteiger partial charge in [0, 0.05) is 13.1 Å². The minimum absolute atomic E-state index is 0.0753. The second-order valence-electron chi connectivity index (χ2n) is 5.29. The van der Waals surface area contributed by atoms with E-state index in [-0.39, 0.29) is 10.6 Å². The highest BCUT2D eigenvalue weighted by Crippen LogP contribution is 2.26. The highest BCUT2D eigenvalue weighted by Gasteiger charge is 2.27. The van der Waals surface area contributed by atoms with E-state index in [4.69, 9.17) is 5.73 Å². The lowest BCUT2D eigenvalue weighted by Crippen LogP contribution is -2.32. The molecule has 20 heavy (non-hydrogen) atoms. The highest BCUT2D eigenvalue weighted by molar-refractivity contribution is 7.89. The van der Waals surface area contributed by atoms with E-state index >= 15 is 0 Å². The first-order chi connectivity index (χ1) is 9.45. The summed E-state index contributed by atoms with van der Waals surface area (Å²) >= 11 is 0. The molecule has 1 unspecified atom stereocenters. The Morgan fingerprint density at radius 3 is 2.75 bits per heavy atom. The molecule has 1 saturated heterocycles. The van der Waals surface area contributed by atoms with Gasteiger partial charge in [0.15, 0.2) is 0 Å². The molecule has 6 heteroatoms. The fourth-order valence-electron chi connectivity index (χ4n) is 2.62. The molecule has 0 aromatic heterocycles. The smallest absolute Gasteiger partial charge is 0.243 e. The zero-order valence-electron chi connectivity index (χ0n) is 11.7. The molecule has 1 aliphatic heterocycles. The quantitative estimate of drug-likeness (QED) is 0.873. The van der Waals surface area contributed by atoms with Gasteiger partial charge in [-0.1, -0.05) is 13.3 Å². The zero-order valence-corrected chi connectivity index (χ0v) is 12.5. The van der Waals surface area contributed by atoms with Crippen molar-refractivity contribution >= 4 is 15.7 Å². The second-order valence-corrected chi connectivity index (χ2v) is 7.23. The van der Waals surface area contributed by atoms with Crippen LogP contribution in [0.1, 0.15) is 32.6 Å². The third-order valence-corrected chi connectivity index (χ3v) is 5.88. The Balaban J connectivity index is 2.23. The fourth-order valence-corrected chi connectivity index (χ4v) is 4.15. The van der Waals surface area contributed by atoms with Crippen LogP contribution in [0.3, 0.4) is 0 Å². The summed E-state index contributed by atoms with van der Waals surface area (Å²) in [5.41, 5.74) is 5.33. The lowest BCUT2D eigenvalue weighted by Gasteiger charge is -2.20. The van der Waals surface area contributed by atoms with Crippen LogP contribution in [-0.4, -0.2) is 25.8 Å². The van der Waals surface area contributed by atoms with Gasteiger partial charge in [-0.25, -0.2) is 12.8 Å². The average molecular weight is 300 g/mol. The number of anilines is 1. The van der Waals surface area contributed by atoms with Gasteiger partial charge >= 0.3 is 0 Å². The summed E-state index contributed by atoms with van der Waals surface area (Å²) in [5, 5.41) is 0. The van der Waals surface area contributed by atoms with Gasteiger partial charge < -0.3 is 5.73 Å². The van der Waals surface area contributed by atoms with Crippen LogP contribution in [0.4, 0.5) is 10.1 Å². The lowest BCUT2D eigenvalue weighted by atomic mass is 9.98. The van der Waals surface area contributed by atoms with Gasteiger partial charge in [-0.15, -0.1) is 0 Å². The fraction of sp³-hybridized carbons (Fsp3) is 0.571. The molecule has 4 nitrogen and oxygen atoms in total. The van der Waals surface area contributed by atoms with Crippen LogP contribution in [0.25, 0.3) is 0 Å². The molecule has 1 aromatic carbocycles. The van der Waals surface area contributed by atoms with E-state index in [1.54, 1.807) is 0 Å². The lowest BCUT2D eigenvalue weighted by molar-refractivity contribution is 0.407. The number of nitrogen functional groups attached to an aromatic ring is 1. The molecule has 0 bridgehead atoms. The molecule has 2 N–H and O–H groups in total. The van der Waals surface area contributed by atoms with E-state index in [0.717, 1.165) is 31.7 Å². The molecule has 1 aliphatic rings. The summed E-state index contributed by atoms with van der Waals surface area (Å²) in [4.78, 5) is 0.0753. The topological polar surface area (TPSA) is 63.4 Å². The molecular weight excluding hydrogens is 279 g/mol. The summed E-state index contributed by atoms with van der Waals surface area (Å²) < 4.78 is 39.7. The highest BCUT2D eigenvalue weighted by atomic mass is 32.2. The monoisotopic (exact) mass is 300 g/mol. The van der Waals surface area contributed by atoms with Gasteiger partial charge in [-0.3, -0.25) is 0 Å². The zero-order chi connectivity index (χ0) is 14.8. The molecule has 112 valence electrons. The molecule has 1 aromatic rings. The van der Waals surface area contributed by atoms with Gasteiger partial charge in [-0.05, 0) is 43.4 Å². The third kappa shape index (κ3) is 3.12. The van der Waals surface area contributed by atoms with Gasteiger partial charge in [0.2, 0.25) is 10.0 Å². The average Bonchev–Trinajstić information content (AvgIpc) is 2.67. The number of benzene rings is 1. The SMILES string of the molecule is CCC1CCCN(S(=O)(=O)c2ccc(F)c(N)c2)CC1. The van der Waals surface area contributed by atoms with Crippen LogP contribution >= 0.6 is 0 Å². The number of hydrogen-bond donors (Lipinski definition) is 1. The Morgan fingerprint density at radius 2 is 2.10 bits per heavy atom. The third-order valence-electron chi connectivity index (χ3n) is 3.99. The molecular formula is C14H21FN2O2S. The maximum Gasteiger partial charge on any atom is 0.243 e. The van der Waals surface area contributed by atoms with E-state index in [2.05, 4.69) is 6.92 Å². The maximum atomic E-state index is 13.2. The molecule has 0 saturated carbocycles. The van der Waals surface area contributed by atoms with Crippen LogP contribution in [0.15, 0.2) is 23.1 Å². The Kier molecular flexibility index (Phi) is 4.65. The van der Waals surface area contributed by atoms with Crippen molar-refractivity contribution < 1.29 is 12.8 Å². The van der Waals surface area contributed by atoms with Crippen LogP contribution in [-0.2, 0) is 10.0 Å².